The first-order valence-electron chi connectivity index (χ1n) is 3.81. The van der Waals surface area contributed by atoms with Gasteiger partial charge in [0.25, 0.3) is 0 Å². The number of morpholine rings is 1. The summed E-state index contributed by atoms with van der Waals surface area (Å²) in [6, 6.07) is 0. The van der Waals surface area contributed by atoms with Gasteiger partial charge in [0, 0.05) is 13.1 Å². The molecule has 2 aliphatic heterocycles. The average Bonchev–Trinajstić information content (AvgIpc) is 1.88. The van der Waals surface area contributed by atoms with Crippen LogP contribution in [0.15, 0.2) is 0 Å². The minimum atomic E-state index is 0. The Bertz CT molecular complexity index is 89.8. The molecule has 3 heteroatoms. The van der Waals surface area contributed by atoms with Gasteiger partial charge in [-0.05, 0) is 19.3 Å². The van der Waals surface area contributed by atoms with Crippen molar-refractivity contribution in [3.8, 4) is 0 Å². The molecular formula is C7H14ClNO. The normalized spacial score (nSPS) is 38.4. The van der Waals surface area contributed by atoms with Crippen LogP contribution in [-0.4, -0.2) is 25.3 Å². The topological polar surface area (TPSA) is 21.3 Å². The standard InChI is InChI=1S/C7H13NO.ClH/c1-2-6-4-8-5-7(3-1)9-6;/h6-8H,1-5H2;1H. The van der Waals surface area contributed by atoms with Crippen molar-refractivity contribution in [2.24, 2.45) is 0 Å². The molecule has 0 aromatic rings. The smallest absolute Gasteiger partial charge is 0.0703 e. The zero-order valence-corrected chi connectivity index (χ0v) is 6.82. The molecule has 2 bridgehead atoms. The molecule has 2 nitrogen and oxygen atoms in total. The van der Waals surface area contributed by atoms with Gasteiger partial charge >= 0.3 is 0 Å². The quantitative estimate of drug-likeness (QED) is 0.574. The Morgan fingerprint density at radius 3 is 2.20 bits per heavy atom. The largest absolute Gasteiger partial charge is 0.372 e. The zero-order chi connectivity index (χ0) is 6.10. The number of ether oxygens (including phenoxy) is 1. The lowest BCUT2D eigenvalue weighted by atomic mass is 10.0. The molecule has 2 saturated heterocycles. The summed E-state index contributed by atoms with van der Waals surface area (Å²) in [6.07, 6.45) is 4.99. The molecule has 2 atom stereocenters. The van der Waals surface area contributed by atoms with E-state index in [2.05, 4.69) is 5.32 Å². The summed E-state index contributed by atoms with van der Waals surface area (Å²) >= 11 is 0. The highest BCUT2D eigenvalue weighted by molar-refractivity contribution is 5.85. The van der Waals surface area contributed by atoms with E-state index in [1.165, 1.54) is 19.3 Å². The summed E-state index contributed by atoms with van der Waals surface area (Å²) in [5.41, 5.74) is 0. The van der Waals surface area contributed by atoms with Crippen molar-refractivity contribution in [1.29, 1.82) is 0 Å². The van der Waals surface area contributed by atoms with Gasteiger partial charge in [-0.1, -0.05) is 0 Å². The van der Waals surface area contributed by atoms with Crippen LogP contribution >= 0.6 is 12.4 Å². The monoisotopic (exact) mass is 163 g/mol. The summed E-state index contributed by atoms with van der Waals surface area (Å²) in [5.74, 6) is 0. The molecule has 0 aromatic carbocycles. The van der Waals surface area contributed by atoms with Gasteiger partial charge in [-0.25, -0.2) is 0 Å². The van der Waals surface area contributed by atoms with E-state index in [9.17, 15) is 0 Å². The van der Waals surface area contributed by atoms with Gasteiger partial charge in [0.05, 0.1) is 12.2 Å². The highest BCUT2D eigenvalue weighted by Gasteiger charge is 2.25. The van der Waals surface area contributed by atoms with Crippen LogP contribution < -0.4 is 5.32 Å². The van der Waals surface area contributed by atoms with Crippen molar-refractivity contribution in [1.82, 2.24) is 5.32 Å². The van der Waals surface area contributed by atoms with Crippen LogP contribution in [0.4, 0.5) is 0 Å². The van der Waals surface area contributed by atoms with E-state index >= 15 is 0 Å². The van der Waals surface area contributed by atoms with E-state index in [1.807, 2.05) is 0 Å². The first-order valence-corrected chi connectivity index (χ1v) is 3.81. The van der Waals surface area contributed by atoms with E-state index in [1.54, 1.807) is 0 Å². The maximum absolute atomic E-state index is 5.66. The third-order valence-electron chi connectivity index (χ3n) is 2.18. The Balaban J connectivity index is 0.000000500. The zero-order valence-electron chi connectivity index (χ0n) is 6.01. The molecule has 60 valence electrons. The molecular weight excluding hydrogens is 150 g/mol. The Hall–Kier alpha value is 0.210. The van der Waals surface area contributed by atoms with Gasteiger partial charge in [0.1, 0.15) is 0 Å². The Kier molecular flexibility index (Phi) is 2.96. The Morgan fingerprint density at radius 1 is 1.10 bits per heavy atom. The maximum atomic E-state index is 5.66. The van der Waals surface area contributed by atoms with Crippen LogP contribution in [0.3, 0.4) is 0 Å². The molecule has 0 aromatic heterocycles. The van der Waals surface area contributed by atoms with Gasteiger partial charge in [-0.2, -0.15) is 0 Å². The lowest BCUT2D eigenvalue weighted by Crippen LogP contribution is -2.47. The SMILES string of the molecule is C1CC2CNCC(C1)O2.Cl. The Labute approximate surface area is 67.7 Å². The van der Waals surface area contributed by atoms with Crippen LogP contribution in [0.5, 0.6) is 0 Å². The van der Waals surface area contributed by atoms with Crippen LogP contribution in [0.25, 0.3) is 0 Å². The molecule has 2 heterocycles. The molecule has 10 heavy (non-hydrogen) atoms. The van der Waals surface area contributed by atoms with Gasteiger partial charge in [-0.15, -0.1) is 12.4 Å². The van der Waals surface area contributed by atoms with E-state index in [-0.39, 0.29) is 12.4 Å². The molecule has 2 rings (SSSR count). The van der Waals surface area contributed by atoms with Crippen LogP contribution in [0.1, 0.15) is 19.3 Å². The van der Waals surface area contributed by atoms with Crippen LogP contribution in [-0.2, 0) is 4.74 Å². The highest BCUT2D eigenvalue weighted by atomic mass is 35.5. The molecule has 0 saturated carbocycles. The second-order valence-electron chi connectivity index (χ2n) is 2.97. The molecule has 0 amide bonds. The van der Waals surface area contributed by atoms with Crippen LogP contribution in [0.2, 0.25) is 0 Å². The molecule has 2 unspecified atom stereocenters. The minimum Gasteiger partial charge on any atom is -0.372 e. The van der Waals surface area contributed by atoms with Crippen molar-refractivity contribution in [2.75, 3.05) is 13.1 Å². The fourth-order valence-electron chi connectivity index (χ4n) is 1.69. The molecule has 0 spiro atoms. The average molecular weight is 164 g/mol. The second-order valence-corrected chi connectivity index (χ2v) is 2.97. The number of rotatable bonds is 0. The lowest BCUT2D eigenvalue weighted by Gasteiger charge is -2.35. The molecule has 1 N–H and O–H groups in total. The number of halogens is 1. The number of hydrogen-bond acceptors (Lipinski definition) is 2. The van der Waals surface area contributed by atoms with Crippen LogP contribution in [0, 0.1) is 0 Å². The fourth-order valence-corrected chi connectivity index (χ4v) is 1.69. The third-order valence-corrected chi connectivity index (χ3v) is 2.18. The molecule has 2 fully saturated rings. The van der Waals surface area contributed by atoms with Gasteiger partial charge in [0.2, 0.25) is 0 Å². The summed E-state index contributed by atoms with van der Waals surface area (Å²) in [6.45, 7) is 2.16. The number of nitrogens with one attached hydrogen (secondary N) is 1. The van der Waals surface area contributed by atoms with Crippen molar-refractivity contribution < 1.29 is 4.74 Å². The summed E-state index contributed by atoms with van der Waals surface area (Å²) in [5, 5.41) is 3.36. The van der Waals surface area contributed by atoms with Crippen molar-refractivity contribution in [3.63, 3.8) is 0 Å². The third kappa shape index (κ3) is 1.62. The van der Waals surface area contributed by atoms with Crippen molar-refractivity contribution in [3.05, 3.63) is 0 Å². The molecule has 0 radical (unpaired) electrons. The maximum Gasteiger partial charge on any atom is 0.0703 e. The predicted octanol–water partition coefficient (Wildman–Crippen LogP) is 0.949. The summed E-state index contributed by atoms with van der Waals surface area (Å²) in [7, 11) is 0. The lowest BCUT2D eigenvalue weighted by molar-refractivity contribution is -0.0705. The van der Waals surface area contributed by atoms with E-state index in [0.29, 0.717) is 12.2 Å². The minimum absolute atomic E-state index is 0. The second kappa shape index (κ2) is 3.56. The molecule has 0 aliphatic carbocycles. The van der Waals surface area contributed by atoms with Crippen molar-refractivity contribution in [2.45, 2.75) is 31.5 Å². The van der Waals surface area contributed by atoms with E-state index in [0.717, 1.165) is 13.1 Å². The summed E-state index contributed by atoms with van der Waals surface area (Å²) < 4.78 is 5.66. The van der Waals surface area contributed by atoms with E-state index in [4.69, 9.17) is 4.74 Å². The van der Waals surface area contributed by atoms with Gasteiger partial charge < -0.3 is 10.1 Å². The number of hydrogen-bond donors (Lipinski definition) is 1. The first kappa shape index (κ1) is 8.31. The van der Waals surface area contributed by atoms with E-state index < -0.39 is 0 Å². The Morgan fingerprint density at radius 2 is 1.70 bits per heavy atom. The fraction of sp³-hybridized carbons (Fsp3) is 1.00. The predicted molar refractivity (Wildman–Crippen MR) is 42.6 cm³/mol. The number of fused-ring (bicyclic) bond motifs is 2. The first-order chi connectivity index (χ1) is 4.45. The molecule has 2 aliphatic rings. The summed E-state index contributed by atoms with van der Waals surface area (Å²) in [4.78, 5) is 0. The van der Waals surface area contributed by atoms with Gasteiger partial charge in [-0.3, -0.25) is 0 Å². The highest BCUT2D eigenvalue weighted by Crippen LogP contribution is 2.20. The van der Waals surface area contributed by atoms with Crippen molar-refractivity contribution >= 4 is 12.4 Å². The van der Waals surface area contributed by atoms with Gasteiger partial charge in [0.15, 0.2) is 0 Å².